The molecule has 0 saturated carbocycles. The first-order valence-corrected chi connectivity index (χ1v) is 10.8. The molecular weight excluding hydrogens is 403 g/mol. The van der Waals surface area contributed by atoms with Crippen LogP contribution < -0.4 is 3.71 Å². The summed E-state index contributed by atoms with van der Waals surface area (Å²) in [6.45, 7) is 0. The van der Waals surface area contributed by atoms with Gasteiger partial charge in [0.25, 0.3) is 20.0 Å². The van der Waals surface area contributed by atoms with Crippen molar-refractivity contribution in [2.45, 2.75) is 9.79 Å². The smallest absolute Gasteiger partial charge is 0.207 e. The lowest BCUT2D eigenvalue weighted by atomic mass is 10.2. The molecule has 0 heterocycles. The number of nitriles is 1. The lowest BCUT2D eigenvalue weighted by molar-refractivity contribution is 0.583. The Morgan fingerprint density at radius 3 is 1.96 bits per heavy atom. The molecule has 0 aliphatic heterocycles. The molecule has 0 amide bonds. The topological polar surface area (TPSA) is 95.3 Å². The standard InChI is InChI=1S/C19H13FN2O4S2/c20-16-9-11-18(12-10-16)27(23,24)22(17-6-2-1-3-7-17)28(25,26)19-8-4-5-15(13-19)14-21/h1-13H. The predicted molar refractivity (Wildman–Crippen MR) is 101 cm³/mol. The third-order valence-electron chi connectivity index (χ3n) is 3.78. The van der Waals surface area contributed by atoms with Crippen LogP contribution in [-0.4, -0.2) is 16.8 Å². The number of nitrogens with zero attached hydrogens (tertiary/aromatic N) is 2. The van der Waals surface area contributed by atoms with Gasteiger partial charge in [0.05, 0.1) is 27.1 Å². The lowest BCUT2D eigenvalue weighted by Crippen LogP contribution is -2.37. The maximum atomic E-state index is 13.3. The summed E-state index contributed by atoms with van der Waals surface area (Å²) in [5.74, 6) is -0.658. The highest BCUT2D eigenvalue weighted by Crippen LogP contribution is 2.30. The molecular formula is C19H13FN2O4S2. The van der Waals surface area contributed by atoms with Crippen LogP contribution in [0.15, 0.2) is 88.7 Å². The number of hydrogen-bond donors (Lipinski definition) is 0. The van der Waals surface area contributed by atoms with Crippen molar-refractivity contribution in [1.29, 1.82) is 5.26 Å². The Hall–Kier alpha value is -3.22. The van der Waals surface area contributed by atoms with Crippen molar-refractivity contribution >= 4 is 25.7 Å². The molecule has 0 fully saturated rings. The Kier molecular flexibility index (Phi) is 5.18. The van der Waals surface area contributed by atoms with E-state index in [9.17, 15) is 21.2 Å². The molecule has 0 aliphatic carbocycles. The van der Waals surface area contributed by atoms with Crippen molar-refractivity contribution in [3.05, 3.63) is 90.2 Å². The molecule has 0 unspecified atom stereocenters. The molecule has 3 aromatic rings. The van der Waals surface area contributed by atoms with Gasteiger partial charge in [-0.3, -0.25) is 0 Å². The van der Waals surface area contributed by atoms with E-state index in [1.807, 2.05) is 6.07 Å². The SMILES string of the molecule is N#Cc1cccc(S(=O)(=O)N(c2ccccc2)S(=O)(=O)c2ccc(F)cc2)c1. The Morgan fingerprint density at radius 2 is 1.36 bits per heavy atom. The molecule has 142 valence electrons. The quantitative estimate of drug-likeness (QED) is 0.636. The van der Waals surface area contributed by atoms with Gasteiger partial charge in [0.1, 0.15) is 5.82 Å². The van der Waals surface area contributed by atoms with Gasteiger partial charge in [-0.05, 0) is 54.6 Å². The number of sulfonamides is 2. The number of halogens is 1. The molecule has 3 aromatic carbocycles. The second-order valence-corrected chi connectivity index (χ2v) is 9.44. The largest absolute Gasteiger partial charge is 0.277 e. The van der Waals surface area contributed by atoms with E-state index in [2.05, 4.69) is 0 Å². The lowest BCUT2D eigenvalue weighted by Gasteiger charge is -2.24. The highest BCUT2D eigenvalue weighted by molar-refractivity contribution is 8.10. The summed E-state index contributed by atoms with van der Waals surface area (Å²) in [6, 6.07) is 17.9. The zero-order chi connectivity index (χ0) is 20.4. The Balaban J connectivity index is 2.26. The van der Waals surface area contributed by atoms with Crippen LogP contribution in [0.1, 0.15) is 5.56 Å². The highest BCUT2D eigenvalue weighted by Gasteiger charge is 2.37. The van der Waals surface area contributed by atoms with Crippen LogP contribution in [0.3, 0.4) is 0 Å². The van der Waals surface area contributed by atoms with Crippen molar-refractivity contribution in [3.8, 4) is 6.07 Å². The van der Waals surface area contributed by atoms with Crippen LogP contribution in [0.2, 0.25) is 0 Å². The summed E-state index contributed by atoms with van der Waals surface area (Å²) >= 11 is 0. The van der Waals surface area contributed by atoms with E-state index in [1.165, 1.54) is 42.5 Å². The fourth-order valence-corrected chi connectivity index (χ4v) is 6.22. The van der Waals surface area contributed by atoms with Gasteiger partial charge >= 0.3 is 0 Å². The highest BCUT2D eigenvalue weighted by atomic mass is 32.3. The van der Waals surface area contributed by atoms with Gasteiger partial charge in [0.2, 0.25) is 0 Å². The molecule has 9 heteroatoms. The van der Waals surface area contributed by atoms with Gasteiger partial charge in [-0.1, -0.05) is 24.3 Å². The molecule has 0 radical (unpaired) electrons. The number of anilines is 1. The van der Waals surface area contributed by atoms with Crippen LogP contribution in [0.25, 0.3) is 0 Å². The zero-order valence-electron chi connectivity index (χ0n) is 14.2. The summed E-state index contributed by atoms with van der Waals surface area (Å²) < 4.78 is 66.4. The monoisotopic (exact) mass is 416 g/mol. The van der Waals surface area contributed by atoms with Gasteiger partial charge in [-0.25, -0.2) is 21.2 Å². The van der Waals surface area contributed by atoms with Gasteiger partial charge < -0.3 is 0 Å². The molecule has 0 atom stereocenters. The van der Waals surface area contributed by atoms with Crippen LogP contribution in [0.5, 0.6) is 0 Å². The van der Waals surface area contributed by atoms with Crippen molar-refractivity contribution in [3.63, 3.8) is 0 Å². The normalized spacial score (nSPS) is 11.6. The number of rotatable bonds is 5. The number of para-hydroxylation sites is 1. The average molecular weight is 416 g/mol. The maximum absolute atomic E-state index is 13.3. The van der Waals surface area contributed by atoms with E-state index in [1.54, 1.807) is 6.07 Å². The summed E-state index contributed by atoms with van der Waals surface area (Å²) in [6.07, 6.45) is 0. The van der Waals surface area contributed by atoms with Gasteiger partial charge in [-0.2, -0.15) is 8.97 Å². The first-order valence-electron chi connectivity index (χ1n) is 7.88. The van der Waals surface area contributed by atoms with Crippen LogP contribution in [0, 0.1) is 17.1 Å². The van der Waals surface area contributed by atoms with Crippen molar-refractivity contribution < 1.29 is 21.2 Å². The Morgan fingerprint density at radius 1 is 0.750 bits per heavy atom. The molecule has 0 aromatic heterocycles. The molecule has 0 aliphatic rings. The third-order valence-corrected chi connectivity index (χ3v) is 7.97. The van der Waals surface area contributed by atoms with Crippen molar-refractivity contribution in [2.24, 2.45) is 0 Å². The van der Waals surface area contributed by atoms with Crippen molar-refractivity contribution in [1.82, 2.24) is 0 Å². The van der Waals surface area contributed by atoms with E-state index in [4.69, 9.17) is 5.26 Å². The maximum Gasteiger partial charge on any atom is 0.277 e. The molecule has 0 saturated heterocycles. The van der Waals surface area contributed by atoms with Gasteiger partial charge in [0.15, 0.2) is 0 Å². The van der Waals surface area contributed by atoms with Crippen LogP contribution >= 0.6 is 0 Å². The Bertz CT molecular complexity index is 1250. The fourth-order valence-electron chi connectivity index (χ4n) is 2.48. The summed E-state index contributed by atoms with van der Waals surface area (Å²) in [5.41, 5.74) is -0.0533. The zero-order valence-corrected chi connectivity index (χ0v) is 15.9. The van der Waals surface area contributed by atoms with Crippen LogP contribution in [0.4, 0.5) is 10.1 Å². The van der Waals surface area contributed by atoms with E-state index in [0.29, 0.717) is 0 Å². The molecule has 3 rings (SSSR count). The first kappa shape index (κ1) is 19.5. The Labute approximate surface area is 162 Å². The average Bonchev–Trinajstić information content (AvgIpc) is 2.69. The van der Waals surface area contributed by atoms with Gasteiger partial charge in [0, 0.05) is 0 Å². The number of hydrogen-bond acceptors (Lipinski definition) is 5. The first-order chi connectivity index (χ1) is 13.3. The summed E-state index contributed by atoms with van der Waals surface area (Å²) in [7, 11) is -9.20. The summed E-state index contributed by atoms with van der Waals surface area (Å²) in [5, 5.41) is 9.04. The predicted octanol–water partition coefficient (Wildman–Crippen LogP) is 3.28. The van der Waals surface area contributed by atoms with Gasteiger partial charge in [-0.15, -0.1) is 0 Å². The minimum absolute atomic E-state index is 0.0632. The van der Waals surface area contributed by atoms with Crippen molar-refractivity contribution in [2.75, 3.05) is 3.71 Å². The molecule has 0 bridgehead atoms. The minimum atomic E-state index is -4.60. The second kappa shape index (κ2) is 7.42. The second-order valence-electron chi connectivity index (χ2n) is 5.64. The molecule has 0 N–H and O–H groups in total. The minimum Gasteiger partial charge on any atom is -0.207 e. The number of benzene rings is 3. The third kappa shape index (κ3) is 3.60. The van der Waals surface area contributed by atoms with E-state index in [-0.39, 0.29) is 19.9 Å². The molecule has 0 spiro atoms. The van der Waals surface area contributed by atoms with Crippen LogP contribution in [-0.2, 0) is 20.0 Å². The van der Waals surface area contributed by atoms with E-state index < -0.39 is 30.8 Å². The van der Waals surface area contributed by atoms with E-state index >= 15 is 0 Å². The molecule has 28 heavy (non-hydrogen) atoms. The molecule has 6 nitrogen and oxygen atoms in total. The summed E-state index contributed by atoms with van der Waals surface area (Å²) in [4.78, 5) is -0.751. The fraction of sp³-hybridized carbons (Fsp3) is 0. The van der Waals surface area contributed by atoms with E-state index in [0.717, 1.165) is 30.3 Å².